The summed E-state index contributed by atoms with van der Waals surface area (Å²) in [4.78, 5) is 3.29. The molecule has 0 atom stereocenters. The van der Waals surface area contributed by atoms with Crippen LogP contribution >= 0.6 is 28.1 Å². The van der Waals surface area contributed by atoms with Crippen LogP contribution in [0, 0.1) is 4.77 Å². The van der Waals surface area contributed by atoms with Gasteiger partial charge >= 0.3 is 0 Å². The third-order valence-corrected chi connectivity index (χ3v) is 4.38. The van der Waals surface area contributed by atoms with Gasteiger partial charge in [0.2, 0.25) is 0 Å². The van der Waals surface area contributed by atoms with Gasteiger partial charge in [-0.2, -0.15) is 0 Å². The first-order chi connectivity index (χ1) is 9.88. The van der Waals surface area contributed by atoms with Crippen molar-refractivity contribution in [2.24, 2.45) is 0 Å². The minimum absolute atomic E-state index is 0.0565. The van der Waals surface area contributed by atoms with Crippen LogP contribution in [-0.4, -0.2) is 9.55 Å². The highest BCUT2D eigenvalue weighted by Crippen LogP contribution is 2.31. The van der Waals surface area contributed by atoms with Crippen molar-refractivity contribution in [3.05, 3.63) is 57.3 Å². The minimum atomic E-state index is 0.0565. The van der Waals surface area contributed by atoms with Gasteiger partial charge in [-0.1, -0.05) is 54.9 Å². The van der Waals surface area contributed by atoms with Crippen LogP contribution in [-0.2, 0) is 5.41 Å². The highest BCUT2D eigenvalue weighted by molar-refractivity contribution is 9.10. The van der Waals surface area contributed by atoms with Gasteiger partial charge in [0.1, 0.15) is 0 Å². The maximum absolute atomic E-state index is 5.55. The molecule has 0 spiro atoms. The lowest BCUT2D eigenvalue weighted by molar-refractivity contribution is 0.586. The van der Waals surface area contributed by atoms with Crippen LogP contribution in [0.5, 0.6) is 0 Å². The van der Waals surface area contributed by atoms with E-state index in [2.05, 4.69) is 76.6 Å². The second-order valence-corrected chi connectivity index (χ2v) is 7.50. The smallest absolute Gasteiger partial charge is 0.182 e. The fourth-order valence-electron chi connectivity index (χ4n) is 2.62. The molecule has 4 heteroatoms. The number of hydrogen-bond acceptors (Lipinski definition) is 1. The lowest BCUT2D eigenvalue weighted by Crippen LogP contribution is -2.15. The Hall–Kier alpha value is -1.39. The molecule has 2 aromatic carbocycles. The molecule has 0 saturated carbocycles. The lowest BCUT2D eigenvalue weighted by atomic mass is 9.86. The molecule has 21 heavy (non-hydrogen) atoms. The van der Waals surface area contributed by atoms with Gasteiger partial charge in [0.05, 0.1) is 16.7 Å². The summed E-state index contributed by atoms with van der Waals surface area (Å²) >= 11 is 9.10. The molecule has 0 saturated heterocycles. The molecule has 0 aliphatic heterocycles. The predicted octanol–water partition coefficient (Wildman–Crippen LogP) is 5.75. The molecule has 108 valence electrons. The van der Waals surface area contributed by atoms with Crippen LogP contribution in [0.2, 0.25) is 0 Å². The van der Waals surface area contributed by atoms with E-state index in [0.717, 1.165) is 26.0 Å². The van der Waals surface area contributed by atoms with Gasteiger partial charge < -0.3 is 4.98 Å². The van der Waals surface area contributed by atoms with Crippen molar-refractivity contribution < 1.29 is 0 Å². The van der Waals surface area contributed by atoms with Crippen LogP contribution in [0.25, 0.3) is 16.7 Å². The Labute approximate surface area is 137 Å². The molecule has 2 nitrogen and oxygen atoms in total. The van der Waals surface area contributed by atoms with Crippen LogP contribution in [0.3, 0.4) is 0 Å². The summed E-state index contributed by atoms with van der Waals surface area (Å²) in [7, 11) is 0. The number of imidazole rings is 1. The molecule has 0 radical (unpaired) electrons. The van der Waals surface area contributed by atoms with Crippen molar-refractivity contribution >= 4 is 39.2 Å². The minimum Gasteiger partial charge on any atom is -0.330 e. The molecule has 0 unspecified atom stereocenters. The van der Waals surface area contributed by atoms with Gasteiger partial charge in [0.15, 0.2) is 4.77 Å². The van der Waals surface area contributed by atoms with E-state index in [4.69, 9.17) is 12.2 Å². The Morgan fingerprint density at radius 3 is 2.52 bits per heavy atom. The first-order valence-electron chi connectivity index (χ1n) is 6.88. The van der Waals surface area contributed by atoms with Crippen molar-refractivity contribution in [3.8, 4) is 5.69 Å². The van der Waals surface area contributed by atoms with Crippen LogP contribution < -0.4 is 0 Å². The largest absolute Gasteiger partial charge is 0.330 e. The lowest BCUT2D eigenvalue weighted by Gasteiger charge is -2.23. The second kappa shape index (κ2) is 5.11. The van der Waals surface area contributed by atoms with Crippen LogP contribution in [0.1, 0.15) is 26.3 Å². The zero-order valence-corrected chi connectivity index (χ0v) is 14.7. The van der Waals surface area contributed by atoms with E-state index >= 15 is 0 Å². The number of rotatable bonds is 1. The number of nitrogens with zero attached hydrogens (tertiary/aromatic N) is 1. The normalized spacial score (nSPS) is 12.0. The van der Waals surface area contributed by atoms with Crippen molar-refractivity contribution in [1.82, 2.24) is 9.55 Å². The summed E-state index contributed by atoms with van der Waals surface area (Å²) in [5, 5.41) is 0. The van der Waals surface area contributed by atoms with E-state index < -0.39 is 0 Å². The summed E-state index contributed by atoms with van der Waals surface area (Å²) in [6.07, 6.45) is 0. The summed E-state index contributed by atoms with van der Waals surface area (Å²) in [5.74, 6) is 0. The van der Waals surface area contributed by atoms with E-state index in [1.165, 1.54) is 5.56 Å². The Kier molecular flexibility index (Phi) is 3.54. The number of benzene rings is 2. The van der Waals surface area contributed by atoms with Gasteiger partial charge in [-0.25, -0.2) is 0 Å². The predicted molar refractivity (Wildman–Crippen MR) is 94.9 cm³/mol. The Morgan fingerprint density at radius 2 is 1.81 bits per heavy atom. The van der Waals surface area contributed by atoms with Gasteiger partial charge in [0.25, 0.3) is 0 Å². The standard InChI is InChI=1S/C17H17BrN2S/c1-17(2,3)12-6-4-5-7-14(12)20-15-10-11(18)8-9-13(15)19-16(20)21/h4-10H,1-3H3,(H,19,21). The van der Waals surface area contributed by atoms with Crippen LogP contribution in [0.15, 0.2) is 46.9 Å². The fraction of sp³-hybridized carbons (Fsp3) is 0.235. The average Bonchev–Trinajstić information content (AvgIpc) is 2.73. The molecular weight excluding hydrogens is 344 g/mol. The van der Waals surface area contributed by atoms with Crippen molar-refractivity contribution in [1.29, 1.82) is 0 Å². The topological polar surface area (TPSA) is 20.7 Å². The molecular formula is C17H17BrN2S. The first kappa shape index (κ1) is 14.5. The van der Waals surface area contributed by atoms with Crippen LogP contribution in [0.4, 0.5) is 0 Å². The quantitative estimate of drug-likeness (QED) is 0.548. The number of H-pyrrole nitrogens is 1. The van der Waals surface area contributed by atoms with Gasteiger partial charge in [0, 0.05) is 4.47 Å². The molecule has 0 bridgehead atoms. The SMILES string of the molecule is CC(C)(C)c1ccccc1-n1c(=S)[nH]c2ccc(Br)cc21. The first-order valence-corrected chi connectivity index (χ1v) is 8.08. The van der Waals surface area contributed by atoms with Gasteiger partial charge in [-0.3, -0.25) is 4.57 Å². The zero-order chi connectivity index (χ0) is 15.2. The number of aromatic amines is 1. The fourth-order valence-corrected chi connectivity index (χ4v) is 3.27. The van der Waals surface area contributed by atoms with E-state index in [0.29, 0.717) is 0 Å². The van der Waals surface area contributed by atoms with E-state index in [1.54, 1.807) is 0 Å². The van der Waals surface area contributed by atoms with E-state index in [1.807, 2.05) is 12.1 Å². The number of halogens is 1. The highest BCUT2D eigenvalue weighted by atomic mass is 79.9. The highest BCUT2D eigenvalue weighted by Gasteiger charge is 2.20. The summed E-state index contributed by atoms with van der Waals surface area (Å²) < 4.78 is 3.89. The van der Waals surface area contributed by atoms with Crippen molar-refractivity contribution in [2.45, 2.75) is 26.2 Å². The molecule has 3 aromatic rings. The van der Waals surface area contributed by atoms with Crippen molar-refractivity contribution in [3.63, 3.8) is 0 Å². The number of hydrogen-bond donors (Lipinski definition) is 1. The molecule has 0 fully saturated rings. The number of para-hydroxylation sites is 1. The number of fused-ring (bicyclic) bond motifs is 1. The van der Waals surface area contributed by atoms with E-state index in [9.17, 15) is 0 Å². The molecule has 1 N–H and O–H groups in total. The third-order valence-electron chi connectivity index (χ3n) is 3.60. The van der Waals surface area contributed by atoms with E-state index in [-0.39, 0.29) is 5.41 Å². The Balaban J connectivity index is 2.39. The molecule has 0 amide bonds. The van der Waals surface area contributed by atoms with Gasteiger partial charge in [-0.05, 0) is 47.5 Å². The molecule has 3 rings (SSSR count). The maximum atomic E-state index is 5.55. The monoisotopic (exact) mass is 360 g/mol. The second-order valence-electron chi connectivity index (χ2n) is 6.19. The van der Waals surface area contributed by atoms with Crippen molar-refractivity contribution in [2.75, 3.05) is 0 Å². The molecule has 0 aliphatic rings. The van der Waals surface area contributed by atoms with Gasteiger partial charge in [-0.15, -0.1) is 0 Å². The third kappa shape index (κ3) is 2.58. The Bertz CT molecular complexity index is 868. The molecule has 1 heterocycles. The summed E-state index contributed by atoms with van der Waals surface area (Å²) in [6, 6.07) is 14.6. The number of nitrogens with one attached hydrogen (secondary N) is 1. The Morgan fingerprint density at radius 1 is 1.10 bits per heavy atom. The maximum Gasteiger partial charge on any atom is 0.182 e. The average molecular weight is 361 g/mol. The number of aromatic nitrogens is 2. The molecule has 0 aliphatic carbocycles. The summed E-state index contributed by atoms with van der Waals surface area (Å²) in [6.45, 7) is 6.67. The molecule has 1 aromatic heterocycles. The summed E-state index contributed by atoms with van der Waals surface area (Å²) in [5.41, 5.74) is 4.61. The zero-order valence-electron chi connectivity index (χ0n) is 12.3.